The molecule has 0 bridgehead atoms. The molecule has 0 aliphatic carbocycles. The van der Waals surface area contributed by atoms with E-state index in [1.54, 1.807) is 24.3 Å². The van der Waals surface area contributed by atoms with Crippen LogP contribution in [-0.2, 0) is 9.59 Å². The maximum atomic E-state index is 13.0. The number of ether oxygens (including phenoxy) is 1. The van der Waals surface area contributed by atoms with Crippen molar-refractivity contribution in [1.82, 2.24) is 9.80 Å². The van der Waals surface area contributed by atoms with Crippen LogP contribution in [0.15, 0.2) is 58.6 Å². The minimum Gasteiger partial charge on any atom is -0.507 e. The van der Waals surface area contributed by atoms with Crippen molar-refractivity contribution in [1.29, 1.82) is 0 Å². The lowest BCUT2D eigenvalue weighted by Gasteiger charge is -2.27. The fourth-order valence-electron chi connectivity index (χ4n) is 3.52. The van der Waals surface area contributed by atoms with E-state index in [-0.39, 0.29) is 11.3 Å². The van der Waals surface area contributed by atoms with Gasteiger partial charge in [0.1, 0.15) is 11.5 Å². The Morgan fingerprint density at radius 2 is 1.87 bits per heavy atom. The number of nitrogens with zero attached hydrogens (tertiary/aromatic N) is 2. The molecule has 0 saturated carbocycles. The van der Waals surface area contributed by atoms with Crippen molar-refractivity contribution in [2.24, 2.45) is 0 Å². The summed E-state index contributed by atoms with van der Waals surface area (Å²) in [5, 5.41) is 11.1. The van der Waals surface area contributed by atoms with Crippen LogP contribution in [-0.4, -0.2) is 60.4 Å². The molecule has 1 fully saturated rings. The second kappa shape index (κ2) is 10.1. The number of carbonyl (C=O) groups excluding carboxylic acids is 2. The number of hydrogen-bond acceptors (Lipinski definition) is 5. The van der Waals surface area contributed by atoms with Crippen LogP contribution in [0.5, 0.6) is 5.75 Å². The summed E-state index contributed by atoms with van der Waals surface area (Å²) in [6.07, 6.45) is 0.870. The summed E-state index contributed by atoms with van der Waals surface area (Å²) in [5.41, 5.74) is 1.31. The van der Waals surface area contributed by atoms with Crippen molar-refractivity contribution in [3.63, 3.8) is 0 Å². The second-order valence-electron chi connectivity index (χ2n) is 7.72. The predicted octanol–water partition coefficient (Wildman–Crippen LogP) is 4.22. The lowest BCUT2D eigenvalue weighted by Crippen LogP contribution is -2.35. The maximum absolute atomic E-state index is 13.0. The number of ketones is 1. The first-order valence-electron chi connectivity index (χ1n) is 10.2. The van der Waals surface area contributed by atoms with Crippen molar-refractivity contribution in [2.75, 3.05) is 33.8 Å². The van der Waals surface area contributed by atoms with Crippen LogP contribution in [0.2, 0.25) is 0 Å². The lowest BCUT2D eigenvalue weighted by molar-refractivity contribution is -0.140. The van der Waals surface area contributed by atoms with E-state index in [0.717, 1.165) is 16.5 Å². The van der Waals surface area contributed by atoms with Crippen LogP contribution >= 0.6 is 15.9 Å². The molecular weight excluding hydrogens is 460 g/mol. The largest absolute Gasteiger partial charge is 0.507 e. The molecule has 2 aromatic carbocycles. The third-order valence-electron chi connectivity index (χ3n) is 5.09. The van der Waals surface area contributed by atoms with E-state index in [2.05, 4.69) is 15.9 Å². The Labute approximate surface area is 191 Å². The van der Waals surface area contributed by atoms with Crippen molar-refractivity contribution in [2.45, 2.75) is 19.4 Å². The van der Waals surface area contributed by atoms with Gasteiger partial charge in [-0.1, -0.05) is 47.1 Å². The average Bonchev–Trinajstić information content (AvgIpc) is 3.01. The fourth-order valence-corrected chi connectivity index (χ4v) is 3.79. The van der Waals surface area contributed by atoms with Gasteiger partial charge in [0.05, 0.1) is 18.2 Å². The number of Topliss-reactive ketones (excluding diaryl/α,β-unsaturated/α-hetero) is 1. The average molecular weight is 487 g/mol. The summed E-state index contributed by atoms with van der Waals surface area (Å²) >= 11 is 3.37. The van der Waals surface area contributed by atoms with Gasteiger partial charge in [0.2, 0.25) is 0 Å². The zero-order valence-electron chi connectivity index (χ0n) is 18.0. The smallest absolute Gasteiger partial charge is 0.295 e. The van der Waals surface area contributed by atoms with Gasteiger partial charge in [-0.15, -0.1) is 0 Å². The maximum Gasteiger partial charge on any atom is 0.295 e. The number of benzene rings is 2. The lowest BCUT2D eigenvalue weighted by atomic mass is 9.95. The molecule has 3 rings (SSSR count). The van der Waals surface area contributed by atoms with Gasteiger partial charge in [0.25, 0.3) is 11.7 Å². The van der Waals surface area contributed by atoms with E-state index in [9.17, 15) is 14.7 Å². The molecule has 1 saturated heterocycles. The SMILES string of the molecule is CCCOc1cccc([C@H]2/C(=C(\O)c3ccc(Br)cc3)C(=O)C(=O)N2CCN(C)C)c1. The number of amides is 1. The Morgan fingerprint density at radius 1 is 1.16 bits per heavy atom. The Balaban J connectivity index is 2.11. The molecule has 2 aromatic rings. The number of likely N-dealkylation sites (N-methyl/N-ethyl adjacent to an activating group) is 1. The molecule has 0 unspecified atom stereocenters. The number of aliphatic hydroxyl groups is 1. The zero-order valence-corrected chi connectivity index (χ0v) is 19.6. The number of carbonyl (C=O) groups is 2. The minimum absolute atomic E-state index is 0.0960. The van der Waals surface area contributed by atoms with Gasteiger partial charge in [0.15, 0.2) is 0 Å². The van der Waals surface area contributed by atoms with Gasteiger partial charge in [-0.05, 0) is 50.3 Å². The van der Waals surface area contributed by atoms with E-state index >= 15 is 0 Å². The van der Waals surface area contributed by atoms with Crippen molar-refractivity contribution < 1.29 is 19.4 Å². The van der Waals surface area contributed by atoms with Crippen LogP contribution in [0.25, 0.3) is 5.76 Å². The van der Waals surface area contributed by atoms with Crippen molar-refractivity contribution >= 4 is 33.4 Å². The quantitative estimate of drug-likeness (QED) is 0.343. The highest BCUT2D eigenvalue weighted by atomic mass is 79.9. The van der Waals surface area contributed by atoms with Crippen molar-refractivity contribution in [3.05, 3.63) is 69.7 Å². The van der Waals surface area contributed by atoms with E-state index in [1.165, 1.54) is 4.90 Å². The van der Waals surface area contributed by atoms with E-state index in [1.807, 2.05) is 50.2 Å². The summed E-state index contributed by atoms with van der Waals surface area (Å²) in [5.74, 6) is -0.793. The summed E-state index contributed by atoms with van der Waals surface area (Å²) in [7, 11) is 3.82. The van der Waals surface area contributed by atoms with Gasteiger partial charge in [-0.25, -0.2) is 0 Å². The minimum atomic E-state index is -0.686. The van der Waals surface area contributed by atoms with Gasteiger partial charge >= 0.3 is 0 Å². The topological polar surface area (TPSA) is 70.1 Å². The van der Waals surface area contributed by atoms with E-state index < -0.39 is 17.7 Å². The fraction of sp³-hybridized carbons (Fsp3) is 0.333. The third-order valence-corrected chi connectivity index (χ3v) is 5.62. The molecule has 164 valence electrons. The first-order valence-corrected chi connectivity index (χ1v) is 11.0. The Bertz CT molecular complexity index is 985. The number of aliphatic hydroxyl groups excluding tert-OH is 1. The van der Waals surface area contributed by atoms with Gasteiger partial charge in [-0.3, -0.25) is 9.59 Å². The van der Waals surface area contributed by atoms with Gasteiger partial charge in [-0.2, -0.15) is 0 Å². The predicted molar refractivity (Wildman–Crippen MR) is 124 cm³/mol. The molecule has 1 amide bonds. The first kappa shape index (κ1) is 23.0. The van der Waals surface area contributed by atoms with E-state index in [4.69, 9.17) is 4.74 Å². The first-order chi connectivity index (χ1) is 14.8. The third kappa shape index (κ3) is 5.17. The molecule has 1 N–H and O–H groups in total. The highest BCUT2D eigenvalue weighted by Gasteiger charge is 2.46. The Morgan fingerprint density at radius 3 is 2.52 bits per heavy atom. The standard InChI is InChI=1S/C24H27BrN2O4/c1-4-14-31-19-7-5-6-17(15-19)21-20(22(28)16-8-10-18(25)11-9-16)23(29)24(30)27(21)13-12-26(2)3/h5-11,15,21,28H,4,12-14H2,1-3H3/b22-20+/t21-/m0/s1. The number of rotatable bonds is 8. The summed E-state index contributed by atoms with van der Waals surface area (Å²) in [6, 6.07) is 13.7. The zero-order chi connectivity index (χ0) is 22.5. The molecule has 0 radical (unpaired) electrons. The second-order valence-corrected chi connectivity index (χ2v) is 8.64. The van der Waals surface area contributed by atoms with Crippen LogP contribution in [0.4, 0.5) is 0 Å². The summed E-state index contributed by atoms with van der Waals surface area (Å²) in [6.45, 7) is 3.55. The van der Waals surface area contributed by atoms with Gasteiger partial charge < -0.3 is 19.6 Å². The molecule has 7 heteroatoms. The highest BCUT2D eigenvalue weighted by molar-refractivity contribution is 9.10. The Hall–Kier alpha value is -2.64. The molecule has 0 spiro atoms. The number of halogens is 1. The van der Waals surface area contributed by atoms with Crippen LogP contribution in [0.3, 0.4) is 0 Å². The van der Waals surface area contributed by atoms with E-state index in [0.29, 0.717) is 31.0 Å². The molecule has 1 heterocycles. The molecule has 1 aliphatic rings. The highest BCUT2D eigenvalue weighted by Crippen LogP contribution is 2.40. The van der Waals surface area contributed by atoms with Crippen LogP contribution < -0.4 is 4.74 Å². The molecule has 1 atom stereocenters. The molecule has 0 aromatic heterocycles. The molecule has 6 nitrogen and oxygen atoms in total. The summed E-state index contributed by atoms with van der Waals surface area (Å²) in [4.78, 5) is 29.4. The Kier molecular flexibility index (Phi) is 7.51. The molecular formula is C24H27BrN2O4. The number of hydrogen-bond donors (Lipinski definition) is 1. The van der Waals surface area contributed by atoms with Gasteiger partial charge in [0, 0.05) is 23.1 Å². The monoisotopic (exact) mass is 486 g/mol. The molecule has 1 aliphatic heterocycles. The molecule has 31 heavy (non-hydrogen) atoms. The van der Waals surface area contributed by atoms with Crippen molar-refractivity contribution in [3.8, 4) is 5.75 Å². The summed E-state index contributed by atoms with van der Waals surface area (Å²) < 4.78 is 6.61. The normalized spacial score (nSPS) is 18.1. The number of likely N-dealkylation sites (tertiary alicyclic amines) is 1. The van der Waals surface area contributed by atoms with Crippen LogP contribution in [0.1, 0.15) is 30.5 Å². The van der Waals surface area contributed by atoms with Crippen LogP contribution in [0, 0.1) is 0 Å².